The van der Waals surface area contributed by atoms with Crippen molar-refractivity contribution in [3.05, 3.63) is 0 Å². The molecule has 0 aliphatic heterocycles. The van der Waals surface area contributed by atoms with Crippen molar-refractivity contribution in [2.75, 3.05) is 26.4 Å². The summed E-state index contributed by atoms with van der Waals surface area (Å²) in [6.45, 7) is 2.66. The molecule has 0 aromatic heterocycles. The van der Waals surface area contributed by atoms with Crippen molar-refractivity contribution in [1.29, 1.82) is 0 Å². The molecule has 0 aliphatic rings. The zero-order valence-corrected chi connectivity index (χ0v) is 13.6. The van der Waals surface area contributed by atoms with E-state index >= 15 is 0 Å². The van der Waals surface area contributed by atoms with Gasteiger partial charge in [0, 0.05) is 32.0 Å². The third-order valence-electron chi connectivity index (χ3n) is 3.17. The molecule has 0 amide bonds. The van der Waals surface area contributed by atoms with Gasteiger partial charge in [-0.2, -0.15) is 0 Å². The minimum Gasteiger partial charge on any atom is -0.466 e. The highest BCUT2D eigenvalue weighted by Gasteiger charge is 2.08. The molecule has 6 heteroatoms. The Hall–Kier alpha value is -1.14. The monoisotopic (exact) mass is 318 g/mol. The maximum atomic E-state index is 11.4. The minimum absolute atomic E-state index is 0.000872. The molecule has 0 aromatic rings. The molecule has 130 valence electrons. The van der Waals surface area contributed by atoms with Crippen molar-refractivity contribution >= 4 is 11.9 Å². The van der Waals surface area contributed by atoms with Crippen molar-refractivity contribution in [1.82, 2.24) is 0 Å². The highest BCUT2D eigenvalue weighted by Crippen LogP contribution is 2.05. The van der Waals surface area contributed by atoms with Gasteiger partial charge in [0.15, 0.2) is 0 Å². The molecule has 0 bridgehead atoms. The lowest BCUT2D eigenvalue weighted by atomic mass is 10.2. The average molecular weight is 318 g/mol. The summed E-state index contributed by atoms with van der Waals surface area (Å²) in [6.07, 6.45) is 5.31. The second-order valence-electron chi connectivity index (χ2n) is 5.54. The summed E-state index contributed by atoms with van der Waals surface area (Å²) in [7, 11) is 0. The highest BCUT2D eigenvalue weighted by atomic mass is 16.5. The van der Waals surface area contributed by atoms with Crippen LogP contribution in [-0.4, -0.2) is 48.6 Å². The summed E-state index contributed by atoms with van der Waals surface area (Å²) in [5, 5.41) is 17.4. The summed E-state index contributed by atoms with van der Waals surface area (Å²) < 4.78 is 10.1. The molecule has 0 rings (SSSR count). The minimum atomic E-state index is -0.294. The van der Waals surface area contributed by atoms with E-state index in [1.807, 2.05) is 0 Å². The first-order valence-electron chi connectivity index (χ1n) is 8.13. The maximum absolute atomic E-state index is 11.4. The highest BCUT2D eigenvalue weighted by molar-refractivity contribution is 5.70. The SMILES string of the molecule is CC(CO)COC(=O)CCCCC(=O)OCCCCCCO. The number of hydrogen-bond acceptors (Lipinski definition) is 6. The van der Waals surface area contributed by atoms with Crippen molar-refractivity contribution in [3.63, 3.8) is 0 Å². The molecule has 0 aliphatic carbocycles. The smallest absolute Gasteiger partial charge is 0.305 e. The van der Waals surface area contributed by atoms with Crippen molar-refractivity contribution in [2.45, 2.75) is 58.3 Å². The third-order valence-corrected chi connectivity index (χ3v) is 3.17. The lowest BCUT2D eigenvalue weighted by Crippen LogP contribution is -2.14. The number of hydrogen-bond donors (Lipinski definition) is 2. The van der Waals surface area contributed by atoms with Crippen LogP contribution in [0.2, 0.25) is 0 Å². The number of aliphatic hydroxyl groups excluding tert-OH is 2. The van der Waals surface area contributed by atoms with E-state index in [2.05, 4.69) is 0 Å². The van der Waals surface area contributed by atoms with Crippen LogP contribution in [0, 0.1) is 5.92 Å². The molecule has 0 saturated carbocycles. The lowest BCUT2D eigenvalue weighted by Gasteiger charge is -2.09. The number of carbonyl (C=O) groups is 2. The average Bonchev–Trinajstić information content (AvgIpc) is 2.52. The van der Waals surface area contributed by atoms with Crippen LogP contribution in [-0.2, 0) is 19.1 Å². The molecule has 0 spiro atoms. The molecule has 0 radical (unpaired) electrons. The van der Waals surface area contributed by atoms with Gasteiger partial charge in [-0.15, -0.1) is 0 Å². The van der Waals surface area contributed by atoms with E-state index in [4.69, 9.17) is 19.7 Å². The summed E-state index contributed by atoms with van der Waals surface area (Å²) in [5.74, 6) is -0.571. The van der Waals surface area contributed by atoms with Crippen LogP contribution in [0.15, 0.2) is 0 Å². The molecule has 2 N–H and O–H groups in total. The lowest BCUT2D eigenvalue weighted by molar-refractivity contribution is -0.146. The van der Waals surface area contributed by atoms with E-state index in [1.54, 1.807) is 6.92 Å². The molecular formula is C16H30O6. The molecule has 22 heavy (non-hydrogen) atoms. The van der Waals surface area contributed by atoms with Crippen LogP contribution in [0.25, 0.3) is 0 Å². The number of unbranched alkanes of at least 4 members (excludes halogenated alkanes) is 4. The van der Waals surface area contributed by atoms with Crippen LogP contribution in [0.4, 0.5) is 0 Å². The molecule has 0 aromatic carbocycles. The summed E-state index contributed by atoms with van der Waals surface area (Å²) >= 11 is 0. The van der Waals surface area contributed by atoms with E-state index < -0.39 is 0 Å². The molecule has 6 nitrogen and oxygen atoms in total. The Labute approximate surface area is 132 Å². The molecule has 1 unspecified atom stereocenters. The Morgan fingerprint density at radius 2 is 1.45 bits per heavy atom. The zero-order chi connectivity index (χ0) is 16.6. The van der Waals surface area contributed by atoms with E-state index in [-0.39, 0.29) is 44.1 Å². The Balaban J connectivity index is 3.39. The predicted molar refractivity (Wildman–Crippen MR) is 82.2 cm³/mol. The summed E-state index contributed by atoms with van der Waals surface area (Å²) in [6, 6.07) is 0. The predicted octanol–water partition coefficient (Wildman–Crippen LogP) is 1.81. The maximum Gasteiger partial charge on any atom is 0.305 e. The standard InChI is InChI=1S/C16H30O6/c1-14(12-18)13-22-16(20)9-5-4-8-15(19)21-11-7-3-2-6-10-17/h14,17-18H,2-13H2,1H3. The number of carbonyl (C=O) groups excluding carboxylic acids is 2. The first-order chi connectivity index (χ1) is 10.6. The first-order valence-corrected chi connectivity index (χ1v) is 8.13. The first kappa shape index (κ1) is 20.9. The van der Waals surface area contributed by atoms with Crippen molar-refractivity contribution in [2.24, 2.45) is 5.92 Å². The Bertz CT molecular complexity index is 292. The van der Waals surface area contributed by atoms with Crippen molar-refractivity contribution < 1.29 is 29.3 Å². The van der Waals surface area contributed by atoms with E-state index in [9.17, 15) is 9.59 Å². The second kappa shape index (κ2) is 14.8. The van der Waals surface area contributed by atoms with Crippen LogP contribution < -0.4 is 0 Å². The fraction of sp³-hybridized carbons (Fsp3) is 0.875. The van der Waals surface area contributed by atoms with Crippen molar-refractivity contribution in [3.8, 4) is 0 Å². The van der Waals surface area contributed by atoms with Crippen LogP contribution in [0.1, 0.15) is 58.3 Å². The zero-order valence-electron chi connectivity index (χ0n) is 13.6. The Kier molecular flexibility index (Phi) is 14.0. The normalized spacial score (nSPS) is 12.0. The molecule has 0 heterocycles. The summed E-state index contributed by atoms with van der Waals surface area (Å²) in [5.41, 5.74) is 0. The van der Waals surface area contributed by atoms with Gasteiger partial charge in [-0.1, -0.05) is 13.3 Å². The fourth-order valence-electron chi connectivity index (χ4n) is 1.72. The molecule has 0 fully saturated rings. The van der Waals surface area contributed by atoms with Gasteiger partial charge in [0.1, 0.15) is 0 Å². The van der Waals surface area contributed by atoms with E-state index in [1.165, 1.54) is 0 Å². The number of ether oxygens (including phenoxy) is 2. The van der Waals surface area contributed by atoms with Gasteiger partial charge in [-0.3, -0.25) is 9.59 Å². The van der Waals surface area contributed by atoms with Crippen LogP contribution in [0.5, 0.6) is 0 Å². The number of esters is 2. The fourth-order valence-corrected chi connectivity index (χ4v) is 1.72. The van der Waals surface area contributed by atoms with Gasteiger partial charge in [0.05, 0.1) is 13.2 Å². The summed E-state index contributed by atoms with van der Waals surface area (Å²) in [4.78, 5) is 22.8. The molecule has 1 atom stereocenters. The number of aliphatic hydroxyl groups is 2. The van der Waals surface area contributed by atoms with E-state index in [0.29, 0.717) is 25.9 Å². The number of rotatable bonds is 14. The third kappa shape index (κ3) is 13.8. The van der Waals surface area contributed by atoms with Crippen LogP contribution >= 0.6 is 0 Å². The van der Waals surface area contributed by atoms with E-state index in [0.717, 1.165) is 25.7 Å². The van der Waals surface area contributed by atoms with Gasteiger partial charge >= 0.3 is 11.9 Å². The van der Waals surface area contributed by atoms with Gasteiger partial charge < -0.3 is 19.7 Å². The van der Waals surface area contributed by atoms with Crippen LogP contribution in [0.3, 0.4) is 0 Å². The molecule has 0 saturated heterocycles. The van der Waals surface area contributed by atoms with Gasteiger partial charge in [0.2, 0.25) is 0 Å². The Morgan fingerprint density at radius 1 is 0.864 bits per heavy atom. The van der Waals surface area contributed by atoms with Gasteiger partial charge in [-0.05, 0) is 32.1 Å². The quantitative estimate of drug-likeness (QED) is 0.375. The van der Waals surface area contributed by atoms with Gasteiger partial charge in [-0.25, -0.2) is 0 Å². The second-order valence-corrected chi connectivity index (χ2v) is 5.54. The Morgan fingerprint density at radius 3 is 2.05 bits per heavy atom. The molecular weight excluding hydrogens is 288 g/mol. The topological polar surface area (TPSA) is 93.1 Å². The van der Waals surface area contributed by atoms with Gasteiger partial charge in [0.25, 0.3) is 0 Å². The largest absolute Gasteiger partial charge is 0.466 e.